The van der Waals surface area contributed by atoms with Crippen LogP contribution in [0.2, 0.25) is 0 Å². The lowest BCUT2D eigenvalue weighted by Gasteiger charge is -2.16. The molecule has 1 N–H and O–H groups in total. The number of aliphatic hydroxyl groups excluding tert-OH is 1. The van der Waals surface area contributed by atoms with Gasteiger partial charge < -0.3 is 14.6 Å². The van der Waals surface area contributed by atoms with Crippen LogP contribution in [0, 0.1) is 0 Å². The fraction of sp³-hybridized carbons (Fsp3) is 0.583. The maximum Gasteiger partial charge on any atom is 0.270 e. The van der Waals surface area contributed by atoms with Crippen molar-refractivity contribution in [2.45, 2.75) is 32.4 Å². The lowest BCUT2D eigenvalue weighted by Crippen LogP contribution is -2.31. The van der Waals surface area contributed by atoms with Gasteiger partial charge in [-0.1, -0.05) is 6.92 Å². The minimum atomic E-state index is -0.364. The lowest BCUT2D eigenvalue weighted by molar-refractivity contribution is 0.0754. The van der Waals surface area contributed by atoms with Crippen molar-refractivity contribution in [1.29, 1.82) is 0 Å². The molecule has 5 heteroatoms. The summed E-state index contributed by atoms with van der Waals surface area (Å²) in [5.74, 6) is 0.0145. The monoisotopic (exact) mass is 300 g/mol. The molecule has 0 aliphatic carbocycles. The van der Waals surface area contributed by atoms with Crippen molar-refractivity contribution in [2.75, 3.05) is 13.1 Å². The van der Waals surface area contributed by atoms with Gasteiger partial charge >= 0.3 is 0 Å². The minimum absolute atomic E-state index is 0.0145. The third-order valence-electron chi connectivity index (χ3n) is 3.00. The van der Waals surface area contributed by atoms with E-state index < -0.39 is 0 Å². The molecule has 0 radical (unpaired) electrons. The molecule has 0 unspecified atom stereocenters. The van der Waals surface area contributed by atoms with E-state index in [-0.39, 0.29) is 12.0 Å². The molecule has 17 heavy (non-hydrogen) atoms. The van der Waals surface area contributed by atoms with E-state index in [1.807, 2.05) is 16.8 Å². The Morgan fingerprint density at radius 1 is 1.65 bits per heavy atom. The second kappa shape index (κ2) is 5.23. The van der Waals surface area contributed by atoms with Crippen molar-refractivity contribution in [1.82, 2.24) is 9.47 Å². The predicted octanol–water partition coefficient (Wildman–Crippen LogP) is 1.87. The third kappa shape index (κ3) is 2.72. The van der Waals surface area contributed by atoms with Crippen molar-refractivity contribution >= 4 is 21.8 Å². The fourth-order valence-corrected chi connectivity index (χ4v) is 2.63. The average molecular weight is 301 g/mol. The highest BCUT2D eigenvalue weighted by Gasteiger charge is 2.27. The number of carbonyl (C=O) groups excluding carboxylic acids is 1. The number of amides is 1. The molecule has 94 valence electrons. The summed E-state index contributed by atoms with van der Waals surface area (Å²) in [4.78, 5) is 14.0. The second-order valence-corrected chi connectivity index (χ2v) is 5.35. The molecule has 1 fully saturated rings. The number of likely N-dealkylation sites (tertiary alicyclic amines) is 1. The molecule has 2 heterocycles. The summed E-state index contributed by atoms with van der Waals surface area (Å²) in [6.07, 6.45) is 3.24. The summed E-state index contributed by atoms with van der Waals surface area (Å²) in [6.45, 7) is 4.02. The molecule has 1 atom stereocenters. The predicted molar refractivity (Wildman–Crippen MR) is 69.0 cm³/mol. The van der Waals surface area contributed by atoms with Crippen molar-refractivity contribution in [3.63, 3.8) is 0 Å². The normalized spacial score (nSPS) is 19.9. The third-order valence-corrected chi connectivity index (χ3v) is 3.43. The molecular weight excluding hydrogens is 284 g/mol. The largest absolute Gasteiger partial charge is 0.391 e. The highest BCUT2D eigenvalue weighted by molar-refractivity contribution is 9.10. The molecule has 1 amide bonds. The molecule has 1 saturated heterocycles. The Balaban J connectivity index is 2.18. The second-order valence-electron chi connectivity index (χ2n) is 4.43. The number of aryl methyl sites for hydroxylation is 1. The van der Waals surface area contributed by atoms with Crippen LogP contribution in [-0.2, 0) is 6.54 Å². The van der Waals surface area contributed by atoms with E-state index in [1.165, 1.54) is 0 Å². The summed E-state index contributed by atoms with van der Waals surface area (Å²) in [5.41, 5.74) is 0.702. The summed E-state index contributed by atoms with van der Waals surface area (Å²) in [6, 6.07) is 1.85. The molecule has 4 nitrogen and oxygen atoms in total. The highest BCUT2D eigenvalue weighted by Crippen LogP contribution is 2.19. The van der Waals surface area contributed by atoms with Gasteiger partial charge in [-0.05, 0) is 34.8 Å². The zero-order valence-electron chi connectivity index (χ0n) is 9.90. The van der Waals surface area contributed by atoms with Crippen LogP contribution in [0.25, 0.3) is 0 Å². The Bertz CT molecular complexity index is 417. The summed E-state index contributed by atoms with van der Waals surface area (Å²) >= 11 is 3.40. The average Bonchev–Trinajstić information content (AvgIpc) is 2.85. The molecule has 1 aromatic rings. The number of rotatable bonds is 3. The lowest BCUT2D eigenvalue weighted by atomic mass is 10.3. The van der Waals surface area contributed by atoms with E-state index in [0.29, 0.717) is 25.2 Å². The number of halogens is 1. The van der Waals surface area contributed by atoms with Crippen LogP contribution in [0.3, 0.4) is 0 Å². The van der Waals surface area contributed by atoms with Gasteiger partial charge in [0.25, 0.3) is 5.91 Å². The molecular formula is C12H17BrN2O2. The van der Waals surface area contributed by atoms with E-state index in [2.05, 4.69) is 22.9 Å². The van der Waals surface area contributed by atoms with Gasteiger partial charge in [0.05, 0.1) is 6.10 Å². The molecule has 2 rings (SSSR count). The topological polar surface area (TPSA) is 45.5 Å². The fourth-order valence-electron chi connectivity index (χ4n) is 2.17. The first kappa shape index (κ1) is 12.6. The SMILES string of the molecule is CCCn1cc(Br)cc1C(=O)N1CC[C@@H](O)C1. The molecule has 0 spiro atoms. The number of aliphatic hydroxyl groups is 1. The zero-order chi connectivity index (χ0) is 12.4. The minimum Gasteiger partial charge on any atom is -0.391 e. The van der Waals surface area contributed by atoms with Crippen molar-refractivity contribution in [3.8, 4) is 0 Å². The number of aromatic nitrogens is 1. The van der Waals surface area contributed by atoms with Gasteiger partial charge in [-0.2, -0.15) is 0 Å². The van der Waals surface area contributed by atoms with E-state index >= 15 is 0 Å². The van der Waals surface area contributed by atoms with E-state index in [1.54, 1.807) is 4.90 Å². The Kier molecular flexibility index (Phi) is 3.89. The molecule has 0 bridgehead atoms. The van der Waals surface area contributed by atoms with Crippen LogP contribution in [0.15, 0.2) is 16.7 Å². The molecule has 1 aromatic heterocycles. The van der Waals surface area contributed by atoms with Crippen molar-refractivity contribution in [3.05, 3.63) is 22.4 Å². The molecule has 1 aliphatic heterocycles. The van der Waals surface area contributed by atoms with Gasteiger partial charge in [-0.25, -0.2) is 0 Å². The van der Waals surface area contributed by atoms with Crippen LogP contribution in [0.4, 0.5) is 0 Å². The standard InChI is InChI=1S/C12H17BrN2O2/c1-2-4-14-7-9(13)6-11(14)12(17)15-5-3-10(16)8-15/h6-7,10,16H,2-5,8H2,1H3/t10-/m1/s1. The Morgan fingerprint density at radius 2 is 2.41 bits per heavy atom. The summed E-state index contributed by atoms with van der Waals surface area (Å²) < 4.78 is 2.89. The van der Waals surface area contributed by atoms with Crippen molar-refractivity contribution in [2.24, 2.45) is 0 Å². The van der Waals surface area contributed by atoms with Gasteiger partial charge in [0.2, 0.25) is 0 Å². The Morgan fingerprint density at radius 3 is 3.00 bits per heavy atom. The zero-order valence-corrected chi connectivity index (χ0v) is 11.5. The van der Waals surface area contributed by atoms with Crippen molar-refractivity contribution < 1.29 is 9.90 Å². The van der Waals surface area contributed by atoms with Crippen LogP contribution in [0.1, 0.15) is 30.3 Å². The maximum absolute atomic E-state index is 12.3. The summed E-state index contributed by atoms with van der Waals surface area (Å²) in [5, 5.41) is 9.46. The highest BCUT2D eigenvalue weighted by atomic mass is 79.9. The number of nitrogens with zero attached hydrogens (tertiary/aromatic N) is 2. The summed E-state index contributed by atoms with van der Waals surface area (Å²) in [7, 11) is 0. The first-order chi connectivity index (χ1) is 8.11. The van der Waals surface area contributed by atoms with E-state index in [0.717, 1.165) is 17.4 Å². The van der Waals surface area contributed by atoms with Gasteiger partial charge in [0, 0.05) is 30.3 Å². The maximum atomic E-state index is 12.3. The number of hydrogen-bond donors (Lipinski definition) is 1. The molecule has 0 saturated carbocycles. The van der Waals surface area contributed by atoms with Crippen LogP contribution in [-0.4, -0.2) is 39.7 Å². The van der Waals surface area contributed by atoms with E-state index in [4.69, 9.17) is 0 Å². The first-order valence-electron chi connectivity index (χ1n) is 5.95. The number of carbonyl (C=O) groups is 1. The van der Waals surface area contributed by atoms with Gasteiger partial charge in [-0.15, -0.1) is 0 Å². The van der Waals surface area contributed by atoms with Crippen LogP contribution >= 0.6 is 15.9 Å². The Labute approximate surface area is 109 Å². The van der Waals surface area contributed by atoms with E-state index in [9.17, 15) is 9.90 Å². The van der Waals surface area contributed by atoms with Crippen LogP contribution < -0.4 is 0 Å². The smallest absolute Gasteiger partial charge is 0.270 e. The van der Waals surface area contributed by atoms with Gasteiger partial charge in [0.1, 0.15) is 5.69 Å². The van der Waals surface area contributed by atoms with Gasteiger partial charge in [-0.3, -0.25) is 4.79 Å². The number of hydrogen-bond acceptors (Lipinski definition) is 2. The molecule has 0 aromatic carbocycles. The van der Waals surface area contributed by atoms with Gasteiger partial charge in [0.15, 0.2) is 0 Å². The first-order valence-corrected chi connectivity index (χ1v) is 6.74. The molecule has 1 aliphatic rings. The quantitative estimate of drug-likeness (QED) is 0.926. The number of β-amino-alcohol motifs (C(OH)–C–C–N with tert-alkyl or cyclic N) is 1. The van der Waals surface area contributed by atoms with Crippen LogP contribution in [0.5, 0.6) is 0 Å². The Hall–Kier alpha value is -0.810.